The Bertz CT molecular complexity index is 429. The van der Waals surface area contributed by atoms with Gasteiger partial charge in [-0.3, -0.25) is 0 Å². The van der Waals surface area contributed by atoms with E-state index in [1.165, 1.54) is 12.1 Å². The Hall–Kier alpha value is -1.44. The lowest BCUT2D eigenvalue weighted by Gasteiger charge is -2.06. The SMILES string of the molecule is N#CCCNC(=O)Oc1cc(Cl)ccc1Cl. The van der Waals surface area contributed by atoms with Crippen molar-refractivity contribution in [2.75, 3.05) is 6.54 Å². The fourth-order valence-electron chi connectivity index (χ4n) is 0.912. The van der Waals surface area contributed by atoms with E-state index in [2.05, 4.69) is 5.32 Å². The molecule has 4 nitrogen and oxygen atoms in total. The highest BCUT2D eigenvalue weighted by Gasteiger charge is 2.07. The van der Waals surface area contributed by atoms with Crippen LogP contribution in [0.5, 0.6) is 5.75 Å². The van der Waals surface area contributed by atoms with Crippen molar-refractivity contribution in [3.63, 3.8) is 0 Å². The van der Waals surface area contributed by atoms with Crippen molar-refractivity contribution >= 4 is 29.3 Å². The Morgan fingerprint density at radius 2 is 2.25 bits per heavy atom. The topological polar surface area (TPSA) is 62.1 Å². The van der Waals surface area contributed by atoms with E-state index in [0.29, 0.717) is 10.0 Å². The van der Waals surface area contributed by atoms with E-state index in [1.54, 1.807) is 6.07 Å². The van der Waals surface area contributed by atoms with Gasteiger partial charge in [-0.2, -0.15) is 5.26 Å². The number of halogens is 2. The van der Waals surface area contributed by atoms with E-state index < -0.39 is 6.09 Å². The van der Waals surface area contributed by atoms with Crippen molar-refractivity contribution in [2.45, 2.75) is 6.42 Å². The van der Waals surface area contributed by atoms with Crippen molar-refractivity contribution in [1.29, 1.82) is 5.26 Å². The molecule has 0 fully saturated rings. The van der Waals surface area contributed by atoms with Gasteiger partial charge in [-0.25, -0.2) is 4.79 Å². The highest BCUT2D eigenvalue weighted by Crippen LogP contribution is 2.27. The summed E-state index contributed by atoms with van der Waals surface area (Å²) >= 11 is 11.5. The summed E-state index contributed by atoms with van der Waals surface area (Å²) in [6, 6.07) is 6.45. The lowest BCUT2D eigenvalue weighted by atomic mass is 10.3. The second kappa shape index (κ2) is 6.21. The monoisotopic (exact) mass is 258 g/mol. The minimum atomic E-state index is -0.667. The van der Waals surface area contributed by atoms with E-state index in [9.17, 15) is 4.79 Å². The standard InChI is InChI=1S/C10H8Cl2N2O2/c11-7-2-3-8(12)9(6-7)16-10(15)14-5-1-4-13/h2-3,6H,1,5H2,(H,14,15). The summed E-state index contributed by atoms with van der Waals surface area (Å²) in [5.41, 5.74) is 0. The van der Waals surface area contributed by atoms with Crippen LogP contribution in [0.1, 0.15) is 6.42 Å². The first-order valence-corrected chi connectivity index (χ1v) is 5.17. The van der Waals surface area contributed by atoms with E-state index in [4.69, 9.17) is 33.2 Å². The summed E-state index contributed by atoms with van der Waals surface area (Å²) in [5.74, 6) is 0.184. The number of hydrogen-bond donors (Lipinski definition) is 1. The molecule has 0 saturated carbocycles. The van der Waals surface area contributed by atoms with E-state index in [0.717, 1.165) is 0 Å². The first kappa shape index (κ1) is 12.6. The number of benzene rings is 1. The van der Waals surface area contributed by atoms with Gasteiger partial charge in [0.05, 0.1) is 17.5 Å². The lowest BCUT2D eigenvalue weighted by Crippen LogP contribution is -2.27. The Balaban J connectivity index is 2.56. The van der Waals surface area contributed by atoms with E-state index >= 15 is 0 Å². The first-order chi connectivity index (χ1) is 7.63. The third-order valence-corrected chi connectivity index (χ3v) is 2.15. The molecule has 0 spiro atoms. The molecule has 0 atom stereocenters. The van der Waals surface area contributed by atoms with Gasteiger partial charge in [-0.15, -0.1) is 0 Å². The number of rotatable bonds is 3. The quantitative estimate of drug-likeness (QED) is 0.848. The predicted octanol–water partition coefficient (Wildman–Crippen LogP) is 3.00. The van der Waals surface area contributed by atoms with Crippen LogP contribution >= 0.6 is 23.2 Å². The van der Waals surface area contributed by atoms with Crippen molar-refractivity contribution in [1.82, 2.24) is 5.32 Å². The van der Waals surface area contributed by atoms with Crippen molar-refractivity contribution in [3.05, 3.63) is 28.2 Å². The number of nitriles is 1. The number of carbonyl (C=O) groups is 1. The van der Waals surface area contributed by atoms with Crippen LogP contribution in [0.2, 0.25) is 10.0 Å². The maximum absolute atomic E-state index is 11.2. The number of nitrogens with one attached hydrogen (secondary N) is 1. The average Bonchev–Trinajstić information content (AvgIpc) is 2.24. The van der Waals surface area contributed by atoms with Gasteiger partial charge < -0.3 is 10.1 Å². The van der Waals surface area contributed by atoms with Gasteiger partial charge in [0, 0.05) is 17.6 Å². The van der Waals surface area contributed by atoms with Gasteiger partial charge in [0.15, 0.2) is 5.75 Å². The molecule has 0 bridgehead atoms. The summed E-state index contributed by atoms with van der Waals surface area (Å²) < 4.78 is 4.90. The number of hydrogen-bond acceptors (Lipinski definition) is 3. The molecule has 0 aliphatic heterocycles. The Labute approximate surface area is 103 Å². The zero-order valence-electron chi connectivity index (χ0n) is 8.17. The summed E-state index contributed by atoms with van der Waals surface area (Å²) in [5, 5.41) is 11.4. The smallest absolute Gasteiger partial charge is 0.409 e. The Morgan fingerprint density at radius 3 is 2.94 bits per heavy atom. The maximum Gasteiger partial charge on any atom is 0.412 e. The van der Waals surface area contributed by atoms with Crippen LogP contribution in [0.15, 0.2) is 18.2 Å². The van der Waals surface area contributed by atoms with Crippen molar-refractivity contribution < 1.29 is 9.53 Å². The van der Waals surface area contributed by atoms with Gasteiger partial charge in [0.2, 0.25) is 0 Å². The normalized spacial score (nSPS) is 9.31. The molecule has 84 valence electrons. The second-order valence-electron chi connectivity index (χ2n) is 2.80. The minimum absolute atomic E-state index is 0.184. The molecule has 1 amide bonds. The van der Waals surface area contributed by atoms with Gasteiger partial charge >= 0.3 is 6.09 Å². The summed E-state index contributed by atoms with van der Waals surface area (Å²) in [7, 11) is 0. The van der Waals surface area contributed by atoms with Crippen LogP contribution in [0.4, 0.5) is 4.79 Å². The van der Waals surface area contributed by atoms with E-state index in [-0.39, 0.29) is 18.7 Å². The summed E-state index contributed by atoms with van der Waals surface area (Å²) in [4.78, 5) is 11.2. The van der Waals surface area contributed by atoms with Crippen LogP contribution in [-0.2, 0) is 0 Å². The highest BCUT2D eigenvalue weighted by atomic mass is 35.5. The minimum Gasteiger partial charge on any atom is -0.409 e. The Morgan fingerprint density at radius 1 is 1.50 bits per heavy atom. The molecule has 1 aromatic rings. The zero-order valence-corrected chi connectivity index (χ0v) is 9.68. The van der Waals surface area contributed by atoms with Crippen LogP contribution in [0, 0.1) is 11.3 Å². The summed E-state index contributed by atoms with van der Waals surface area (Å²) in [6.45, 7) is 0.230. The van der Waals surface area contributed by atoms with Crippen molar-refractivity contribution in [2.24, 2.45) is 0 Å². The molecule has 16 heavy (non-hydrogen) atoms. The molecular weight excluding hydrogens is 251 g/mol. The van der Waals surface area contributed by atoms with E-state index in [1.807, 2.05) is 6.07 Å². The molecule has 0 unspecified atom stereocenters. The third kappa shape index (κ3) is 3.97. The third-order valence-electron chi connectivity index (χ3n) is 1.60. The molecule has 1 N–H and O–H groups in total. The number of nitrogens with zero attached hydrogens (tertiary/aromatic N) is 1. The molecule has 0 saturated heterocycles. The molecule has 1 aromatic carbocycles. The van der Waals surface area contributed by atoms with Crippen molar-refractivity contribution in [3.8, 4) is 11.8 Å². The fraction of sp³-hybridized carbons (Fsp3) is 0.200. The zero-order chi connectivity index (χ0) is 12.0. The second-order valence-corrected chi connectivity index (χ2v) is 3.64. The maximum atomic E-state index is 11.2. The molecule has 0 aliphatic rings. The van der Waals surface area contributed by atoms with Gasteiger partial charge in [0.25, 0.3) is 0 Å². The fourth-order valence-corrected chi connectivity index (χ4v) is 1.23. The predicted molar refractivity (Wildman–Crippen MR) is 60.7 cm³/mol. The molecule has 0 aliphatic carbocycles. The van der Waals surface area contributed by atoms with Gasteiger partial charge in [0.1, 0.15) is 0 Å². The molecule has 0 heterocycles. The molecule has 6 heteroatoms. The number of carbonyl (C=O) groups excluding carboxylic acids is 1. The largest absolute Gasteiger partial charge is 0.412 e. The van der Waals surface area contributed by atoms with Crippen LogP contribution in [0.3, 0.4) is 0 Å². The average molecular weight is 259 g/mol. The molecule has 0 radical (unpaired) electrons. The van der Waals surface area contributed by atoms with Crippen LogP contribution in [-0.4, -0.2) is 12.6 Å². The van der Waals surface area contributed by atoms with Gasteiger partial charge in [-0.05, 0) is 12.1 Å². The Kier molecular flexibility index (Phi) is 4.90. The van der Waals surface area contributed by atoms with Crippen LogP contribution < -0.4 is 10.1 Å². The molecule has 0 aromatic heterocycles. The van der Waals surface area contributed by atoms with Crippen LogP contribution in [0.25, 0.3) is 0 Å². The van der Waals surface area contributed by atoms with Gasteiger partial charge in [-0.1, -0.05) is 23.2 Å². The number of amides is 1. The highest BCUT2D eigenvalue weighted by molar-refractivity contribution is 6.34. The molecular formula is C10H8Cl2N2O2. The number of ether oxygens (including phenoxy) is 1. The lowest BCUT2D eigenvalue weighted by molar-refractivity contribution is 0.201. The molecule has 1 rings (SSSR count). The summed E-state index contributed by atoms with van der Waals surface area (Å²) in [6.07, 6.45) is -0.447. The first-order valence-electron chi connectivity index (χ1n) is 4.41.